The zero-order valence-corrected chi connectivity index (χ0v) is 17.9. The van der Waals surface area contributed by atoms with Crippen molar-refractivity contribution >= 4 is 17.3 Å². The highest BCUT2D eigenvalue weighted by molar-refractivity contribution is 7.80. The fraction of sp³-hybridized carbons (Fsp3) is 0.864. The second-order valence-electron chi connectivity index (χ2n) is 8.54. The van der Waals surface area contributed by atoms with Crippen LogP contribution in [0.1, 0.15) is 64.2 Å². The van der Waals surface area contributed by atoms with E-state index in [0.717, 1.165) is 57.0 Å². The van der Waals surface area contributed by atoms with Gasteiger partial charge < -0.3 is 15.0 Å². The molecule has 0 bridgehead atoms. The van der Waals surface area contributed by atoms with Crippen LogP contribution in [0.2, 0.25) is 0 Å². The Morgan fingerprint density at radius 1 is 1.07 bits per heavy atom. The molecule has 1 saturated heterocycles. The van der Waals surface area contributed by atoms with Gasteiger partial charge in [0.1, 0.15) is 0 Å². The number of nitrogens with one attached hydrogen (secondary N) is 1. The largest absolute Gasteiger partial charge is 0.379 e. The molecule has 1 heterocycles. The predicted molar refractivity (Wildman–Crippen MR) is 117 cm³/mol. The summed E-state index contributed by atoms with van der Waals surface area (Å²) in [5.41, 5.74) is 0. The van der Waals surface area contributed by atoms with Gasteiger partial charge in [-0.1, -0.05) is 37.8 Å². The minimum absolute atomic E-state index is 0.591. The molecule has 1 atom stereocenters. The summed E-state index contributed by atoms with van der Waals surface area (Å²) in [6.45, 7) is 7.30. The predicted octanol–water partition coefficient (Wildman–Crippen LogP) is 3.96. The Hall–Kier alpha value is -0.650. The van der Waals surface area contributed by atoms with Crippen LogP contribution in [0.5, 0.6) is 0 Å². The van der Waals surface area contributed by atoms with Crippen molar-refractivity contribution in [3.8, 4) is 0 Å². The third kappa shape index (κ3) is 7.71. The van der Waals surface area contributed by atoms with Gasteiger partial charge in [0.05, 0.1) is 13.2 Å². The maximum absolute atomic E-state index is 5.90. The van der Waals surface area contributed by atoms with Crippen LogP contribution in [0.4, 0.5) is 0 Å². The van der Waals surface area contributed by atoms with Gasteiger partial charge in [-0.25, -0.2) is 0 Å². The van der Waals surface area contributed by atoms with Crippen LogP contribution in [0, 0.1) is 5.92 Å². The topological polar surface area (TPSA) is 27.7 Å². The average Bonchev–Trinajstić information content (AvgIpc) is 2.97. The van der Waals surface area contributed by atoms with Gasteiger partial charge in [0.2, 0.25) is 0 Å². The summed E-state index contributed by atoms with van der Waals surface area (Å²) in [7, 11) is 0. The number of rotatable bonds is 7. The molecule has 5 heteroatoms. The molecule has 0 aromatic heterocycles. The Morgan fingerprint density at radius 3 is 2.56 bits per heavy atom. The molecule has 3 rings (SSSR count). The zero-order chi connectivity index (χ0) is 18.7. The molecule has 1 saturated carbocycles. The highest BCUT2D eigenvalue weighted by Gasteiger charge is 2.20. The first-order chi connectivity index (χ1) is 13.3. The molecule has 0 unspecified atom stereocenters. The molecule has 0 amide bonds. The van der Waals surface area contributed by atoms with Gasteiger partial charge in [0.25, 0.3) is 0 Å². The van der Waals surface area contributed by atoms with E-state index in [-0.39, 0.29) is 0 Å². The number of hydrogen-bond donors (Lipinski definition) is 1. The maximum atomic E-state index is 5.90. The molecule has 0 aromatic rings. The molecule has 27 heavy (non-hydrogen) atoms. The zero-order valence-electron chi connectivity index (χ0n) is 17.0. The van der Waals surface area contributed by atoms with Gasteiger partial charge in [-0.3, -0.25) is 4.90 Å². The number of morpholine rings is 1. The van der Waals surface area contributed by atoms with Crippen LogP contribution in [0.15, 0.2) is 12.2 Å². The highest BCUT2D eigenvalue weighted by Crippen LogP contribution is 2.21. The molecule has 1 aliphatic heterocycles. The van der Waals surface area contributed by atoms with Gasteiger partial charge in [-0.2, -0.15) is 0 Å². The van der Waals surface area contributed by atoms with Crippen molar-refractivity contribution in [3.63, 3.8) is 0 Å². The Balaban J connectivity index is 1.49. The fourth-order valence-electron chi connectivity index (χ4n) is 4.61. The standard InChI is InChI=1S/C22H39N3OS/c27-22(23-21-11-6-1-2-7-12-21)25(19-20-9-4-3-5-10-20)14-8-13-24-15-17-26-18-16-24/h3-4,20-21H,1-2,5-19H2,(H,23,27)/t20-/m0/s1. The highest BCUT2D eigenvalue weighted by atomic mass is 32.1. The summed E-state index contributed by atoms with van der Waals surface area (Å²) in [4.78, 5) is 5.03. The quantitative estimate of drug-likeness (QED) is 0.401. The molecular weight excluding hydrogens is 354 g/mol. The second kappa shape index (κ2) is 12.0. The van der Waals surface area contributed by atoms with Crippen molar-refractivity contribution in [2.45, 2.75) is 70.3 Å². The van der Waals surface area contributed by atoms with Crippen molar-refractivity contribution in [1.29, 1.82) is 0 Å². The first-order valence-corrected chi connectivity index (χ1v) is 11.7. The van der Waals surface area contributed by atoms with E-state index in [9.17, 15) is 0 Å². The van der Waals surface area contributed by atoms with Gasteiger partial charge in [0, 0.05) is 38.8 Å². The van der Waals surface area contributed by atoms with Crippen molar-refractivity contribution in [3.05, 3.63) is 12.2 Å². The van der Waals surface area contributed by atoms with Crippen LogP contribution < -0.4 is 5.32 Å². The van der Waals surface area contributed by atoms with Crippen molar-refractivity contribution in [2.24, 2.45) is 5.92 Å². The smallest absolute Gasteiger partial charge is 0.169 e. The van der Waals surface area contributed by atoms with Gasteiger partial charge in [0.15, 0.2) is 5.11 Å². The lowest BCUT2D eigenvalue weighted by atomic mass is 9.94. The monoisotopic (exact) mass is 393 g/mol. The Kier molecular flexibility index (Phi) is 9.39. The first kappa shape index (κ1) is 21.1. The third-order valence-electron chi connectivity index (χ3n) is 6.33. The molecule has 2 fully saturated rings. The minimum Gasteiger partial charge on any atom is -0.379 e. The Labute approximate surface area is 171 Å². The van der Waals surface area contributed by atoms with Gasteiger partial charge >= 0.3 is 0 Å². The lowest BCUT2D eigenvalue weighted by Crippen LogP contribution is -2.47. The number of hydrogen-bond acceptors (Lipinski definition) is 3. The van der Waals surface area contributed by atoms with E-state index < -0.39 is 0 Å². The fourth-order valence-corrected chi connectivity index (χ4v) is 4.94. The summed E-state index contributed by atoms with van der Waals surface area (Å²) >= 11 is 5.90. The molecule has 0 radical (unpaired) electrons. The third-order valence-corrected chi connectivity index (χ3v) is 6.71. The lowest BCUT2D eigenvalue weighted by Gasteiger charge is -2.33. The summed E-state index contributed by atoms with van der Waals surface area (Å²) in [6.07, 6.45) is 17.7. The van der Waals surface area contributed by atoms with Crippen molar-refractivity contribution in [1.82, 2.24) is 15.1 Å². The Morgan fingerprint density at radius 2 is 1.85 bits per heavy atom. The summed E-state index contributed by atoms with van der Waals surface area (Å²) in [5.74, 6) is 0.757. The Bertz CT molecular complexity index is 456. The molecule has 0 spiro atoms. The molecular formula is C22H39N3OS. The van der Waals surface area contributed by atoms with E-state index in [1.54, 1.807) is 0 Å². The first-order valence-electron chi connectivity index (χ1n) is 11.3. The van der Waals surface area contributed by atoms with E-state index in [0.29, 0.717) is 6.04 Å². The van der Waals surface area contributed by atoms with Gasteiger partial charge in [-0.15, -0.1) is 0 Å². The second-order valence-corrected chi connectivity index (χ2v) is 8.93. The van der Waals surface area contributed by atoms with E-state index >= 15 is 0 Å². The van der Waals surface area contributed by atoms with E-state index in [2.05, 4.69) is 27.3 Å². The van der Waals surface area contributed by atoms with Crippen LogP contribution in [0.25, 0.3) is 0 Å². The SMILES string of the molecule is S=C(NC1CCCCCC1)N(CCCN1CCOCC1)C[C@H]1CC=CCC1. The minimum atomic E-state index is 0.591. The van der Waals surface area contributed by atoms with Crippen molar-refractivity contribution < 1.29 is 4.74 Å². The molecule has 154 valence electrons. The van der Waals surface area contributed by atoms with Crippen LogP contribution in [-0.2, 0) is 4.74 Å². The molecule has 1 N–H and O–H groups in total. The normalized spacial score (nSPS) is 25.1. The van der Waals surface area contributed by atoms with Crippen LogP contribution in [0.3, 0.4) is 0 Å². The summed E-state index contributed by atoms with van der Waals surface area (Å²) < 4.78 is 5.47. The molecule has 3 aliphatic rings. The number of nitrogens with zero attached hydrogens (tertiary/aromatic N) is 2. The number of thiocarbonyl (C=S) groups is 1. The van der Waals surface area contributed by atoms with E-state index in [1.807, 2.05) is 0 Å². The summed E-state index contributed by atoms with van der Waals surface area (Å²) in [5, 5.41) is 4.76. The van der Waals surface area contributed by atoms with Crippen molar-refractivity contribution in [2.75, 3.05) is 45.9 Å². The molecule has 0 aromatic carbocycles. The molecule has 2 aliphatic carbocycles. The number of ether oxygens (including phenoxy) is 1. The molecule has 4 nitrogen and oxygen atoms in total. The maximum Gasteiger partial charge on any atom is 0.169 e. The van der Waals surface area contributed by atoms with E-state index in [1.165, 1.54) is 64.2 Å². The van der Waals surface area contributed by atoms with Gasteiger partial charge in [-0.05, 0) is 56.7 Å². The lowest BCUT2D eigenvalue weighted by molar-refractivity contribution is 0.0367. The number of allylic oxidation sites excluding steroid dienone is 2. The van der Waals surface area contributed by atoms with E-state index in [4.69, 9.17) is 17.0 Å². The summed E-state index contributed by atoms with van der Waals surface area (Å²) in [6, 6.07) is 0.591. The van der Waals surface area contributed by atoms with Crippen LogP contribution >= 0.6 is 12.2 Å². The van der Waals surface area contributed by atoms with Crippen LogP contribution in [-0.4, -0.2) is 66.9 Å². The average molecular weight is 394 g/mol.